The van der Waals surface area contributed by atoms with Crippen LogP contribution in [0.5, 0.6) is 0 Å². The molecule has 3 nitrogen and oxygen atoms in total. The number of hydrogen-bond donors (Lipinski definition) is 0. The topological polar surface area (TPSA) is 23.6 Å². The predicted molar refractivity (Wildman–Crippen MR) is 58.7 cm³/mol. The molecule has 0 saturated carbocycles. The molecule has 0 N–H and O–H groups in total. The van der Waals surface area contributed by atoms with Crippen molar-refractivity contribution < 1.29 is 4.79 Å². The van der Waals surface area contributed by atoms with Gasteiger partial charge in [0, 0.05) is 31.7 Å². The first kappa shape index (κ1) is 10.2. The molecule has 0 aromatic heterocycles. The molecule has 15 heavy (non-hydrogen) atoms. The van der Waals surface area contributed by atoms with E-state index in [1.54, 1.807) is 12.1 Å². The first-order valence-electron chi connectivity index (χ1n) is 5.21. The monoisotopic (exact) mass is 203 g/mol. The number of likely N-dealkylation sites (N-methyl/N-ethyl adjacent to an activating group) is 1. The summed E-state index contributed by atoms with van der Waals surface area (Å²) in [4.78, 5) is 16.2. The Morgan fingerprint density at radius 1 is 1.20 bits per heavy atom. The molecular weight excluding hydrogens is 188 g/mol. The van der Waals surface area contributed by atoms with Crippen LogP contribution in [-0.4, -0.2) is 48.9 Å². The Balaban J connectivity index is 2.03. The zero-order valence-corrected chi connectivity index (χ0v) is 8.94. The van der Waals surface area contributed by atoms with Crippen LogP contribution in [0.15, 0.2) is 24.3 Å². The van der Waals surface area contributed by atoms with Crippen molar-refractivity contribution in [1.29, 1.82) is 0 Å². The van der Waals surface area contributed by atoms with Gasteiger partial charge in [-0.15, -0.1) is 0 Å². The lowest BCUT2D eigenvalue weighted by molar-refractivity contribution is 0.0664. The van der Waals surface area contributed by atoms with Crippen molar-refractivity contribution in [3.63, 3.8) is 0 Å². The van der Waals surface area contributed by atoms with Crippen molar-refractivity contribution in [2.24, 2.45) is 0 Å². The molecule has 1 aromatic rings. The van der Waals surface area contributed by atoms with Crippen LogP contribution in [0.25, 0.3) is 0 Å². The Hall–Kier alpha value is -1.35. The molecule has 0 spiro atoms. The minimum Gasteiger partial charge on any atom is -0.336 e. The molecule has 1 saturated heterocycles. The normalized spacial score (nSPS) is 17.8. The number of rotatable bonds is 1. The van der Waals surface area contributed by atoms with Gasteiger partial charge in [0.25, 0.3) is 5.91 Å². The average molecular weight is 203 g/mol. The third kappa shape index (κ3) is 2.36. The number of benzene rings is 1. The van der Waals surface area contributed by atoms with Crippen molar-refractivity contribution >= 4 is 5.91 Å². The van der Waals surface area contributed by atoms with E-state index in [0.29, 0.717) is 0 Å². The van der Waals surface area contributed by atoms with Crippen LogP contribution in [0, 0.1) is 6.07 Å². The highest BCUT2D eigenvalue weighted by Crippen LogP contribution is 2.07. The van der Waals surface area contributed by atoms with Gasteiger partial charge in [0.05, 0.1) is 0 Å². The summed E-state index contributed by atoms with van der Waals surface area (Å²) < 4.78 is 0. The zero-order valence-electron chi connectivity index (χ0n) is 8.94. The molecule has 2 rings (SSSR count). The van der Waals surface area contributed by atoms with Crippen LogP contribution in [-0.2, 0) is 0 Å². The number of carbonyl (C=O) groups excluding carboxylic acids is 1. The van der Waals surface area contributed by atoms with Gasteiger partial charge in [-0.3, -0.25) is 4.79 Å². The molecule has 1 aliphatic heterocycles. The largest absolute Gasteiger partial charge is 0.336 e. The molecule has 79 valence electrons. The third-order valence-corrected chi connectivity index (χ3v) is 2.76. The quantitative estimate of drug-likeness (QED) is 0.676. The van der Waals surface area contributed by atoms with Gasteiger partial charge in [0.2, 0.25) is 0 Å². The Kier molecular flexibility index (Phi) is 3.02. The summed E-state index contributed by atoms with van der Waals surface area (Å²) in [5, 5.41) is 0. The zero-order chi connectivity index (χ0) is 10.7. The van der Waals surface area contributed by atoms with Crippen LogP contribution >= 0.6 is 0 Å². The van der Waals surface area contributed by atoms with Crippen molar-refractivity contribution in [1.82, 2.24) is 9.80 Å². The fourth-order valence-electron chi connectivity index (χ4n) is 1.72. The van der Waals surface area contributed by atoms with E-state index in [-0.39, 0.29) is 5.91 Å². The summed E-state index contributed by atoms with van der Waals surface area (Å²) in [7, 11) is 2.08. The van der Waals surface area contributed by atoms with Gasteiger partial charge in [-0.25, -0.2) is 0 Å². The first-order chi connectivity index (χ1) is 7.27. The highest BCUT2D eigenvalue weighted by Gasteiger charge is 2.19. The number of amides is 1. The van der Waals surface area contributed by atoms with E-state index in [1.165, 1.54) is 0 Å². The molecule has 1 radical (unpaired) electrons. The summed E-state index contributed by atoms with van der Waals surface area (Å²) in [5.41, 5.74) is 0.762. The maximum absolute atomic E-state index is 12.0. The van der Waals surface area contributed by atoms with Crippen molar-refractivity contribution in [2.75, 3.05) is 33.2 Å². The molecular formula is C12H15N2O. The van der Waals surface area contributed by atoms with Gasteiger partial charge < -0.3 is 9.80 Å². The Morgan fingerprint density at radius 2 is 1.80 bits per heavy atom. The molecule has 0 bridgehead atoms. The van der Waals surface area contributed by atoms with E-state index in [1.807, 2.05) is 17.0 Å². The van der Waals surface area contributed by atoms with E-state index >= 15 is 0 Å². The van der Waals surface area contributed by atoms with E-state index < -0.39 is 0 Å². The summed E-state index contributed by atoms with van der Waals surface area (Å²) in [6.45, 7) is 3.58. The first-order valence-corrected chi connectivity index (χ1v) is 5.21. The summed E-state index contributed by atoms with van der Waals surface area (Å²) in [5.74, 6) is 0.136. The van der Waals surface area contributed by atoms with Crippen molar-refractivity contribution in [2.45, 2.75) is 0 Å². The summed E-state index contributed by atoms with van der Waals surface area (Å²) in [6.07, 6.45) is 0. The number of piperazine rings is 1. The average Bonchev–Trinajstić information content (AvgIpc) is 2.30. The van der Waals surface area contributed by atoms with Crippen LogP contribution in [0.1, 0.15) is 10.4 Å². The second kappa shape index (κ2) is 4.45. The minimum absolute atomic E-state index is 0.136. The van der Waals surface area contributed by atoms with Gasteiger partial charge in [-0.1, -0.05) is 12.1 Å². The van der Waals surface area contributed by atoms with Crippen molar-refractivity contribution in [3.05, 3.63) is 35.9 Å². The second-order valence-electron chi connectivity index (χ2n) is 3.88. The summed E-state index contributed by atoms with van der Waals surface area (Å²) in [6, 6.07) is 10.1. The molecule has 0 aliphatic carbocycles. The SMILES string of the molecule is CN1CCN(C(=O)c2cc[c]cc2)CC1. The van der Waals surface area contributed by atoms with Gasteiger partial charge in [-0.05, 0) is 25.2 Å². The molecule has 1 aliphatic rings. The lowest BCUT2D eigenvalue weighted by Crippen LogP contribution is -2.47. The summed E-state index contributed by atoms with van der Waals surface area (Å²) >= 11 is 0. The molecule has 1 amide bonds. The lowest BCUT2D eigenvalue weighted by atomic mass is 10.2. The Morgan fingerprint density at radius 3 is 2.40 bits per heavy atom. The van der Waals surface area contributed by atoms with Gasteiger partial charge in [-0.2, -0.15) is 0 Å². The van der Waals surface area contributed by atoms with Crippen LogP contribution in [0.3, 0.4) is 0 Å². The molecule has 1 aromatic carbocycles. The molecule has 0 atom stereocenters. The highest BCUT2D eigenvalue weighted by atomic mass is 16.2. The number of carbonyl (C=O) groups is 1. The van der Waals surface area contributed by atoms with E-state index in [4.69, 9.17) is 0 Å². The van der Waals surface area contributed by atoms with Crippen LogP contribution in [0.4, 0.5) is 0 Å². The Bertz CT molecular complexity index is 329. The lowest BCUT2D eigenvalue weighted by Gasteiger charge is -2.32. The van der Waals surface area contributed by atoms with E-state index in [2.05, 4.69) is 18.0 Å². The fraction of sp³-hybridized carbons (Fsp3) is 0.417. The Labute approximate surface area is 90.3 Å². The predicted octanol–water partition coefficient (Wildman–Crippen LogP) is 0.874. The van der Waals surface area contributed by atoms with Crippen LogP contribution in [0.2, 0.25) is 0 Å². The van der Waals surface area contributed by atoms with E-state index in [9.17, 15) is 4.79 Å². The van der Waals surface area contributed by atoms with E-state index in [0.717, 1.165) is 31.7 Å². The maximum atomic E-state index is 12.0. The third-order valence-electron chi connectivity index (χ3n) is 2.76. The van der Waals surface area contributed by atoms with Gasteiger partial charge >= 0.3 is 0 Å². The molecule has 0 unspecified atom stereocenters. The second-order valence-corrected chi connectivity index (χ2v) is 3.88. The van der Waals surface area contributed by atoms with Crippen molar-refractivity contribution in [3.8, 4) is 0 Å². The standard InChI is InChI=1S/C12H15N2O/c1-13-7-9-14(10-8-13)12(15)11-5-3-2-4-6-11/h3-6H,7-10H2,1H3. The van der Waals surface area contributed by atoms with Crippen LogP contribution < -0.4 is 0 Å². The van der Waals surface area contributed by atoms with Gasteiger partial charge in [0.15, 0.2) is 0 Å². The smallest absolute Gasteiger partial charge is 0.253 e. The fourth-order valence-corrected chi connectivity index (χ4v) is 1.72. The molecule has 1 fully saturated rings. The number of hydrogen-bond acceptors (Lipinski definition) is 2. The molecule has 1 heterocycles. The minimum atomic E-state index is 0.136. The number of nitrogens with zero attached hydrogens (tertiary/aromatic N) is 2. The highest BCUT2D eigenvalue weighted by molar-refractivity contribution is 5.94. The maximum Gasteiger partial charge on any atom is 0.253 e. The van der Waals surface area contributed by atoms with Gasteiger partial charge in [0.1, 0.15) is 0 Å². The molecule has 3 heteroatoms.